The first kappa shape index (κ1) is 16.4. The van der Waals surface area contributed by atoms with Crippen LogP contribution in [0.3, 0.4) is 0 Å². The third-order valence-electron chi connectivity index (χ3n) is 3.89. The van der Waals surface area contributed by atoms with Gasteiger partial charge in [0.25, 0.3) is 0 Å². The van der Waals surface area contributed by atoms with Crippen LogP contribution in [0.4, 0.5) is 9.93 Å². The quantitative estimate of drug-likeness (QED) is 0.888. The second kappa shape index (κ2) is 7.87. The second-order valence-corrected chi connectivity index (χ2v) is 6.49. The molecule has 0 aliphatic carbocycles. The van der Waals surface area contributed by atoms with E-state index in [9.17, 15) is 9.59 Å². The molecule has 2 aromatic heterocycles. The number of aromatic nitrogens is 2. The van der Waals surface area contributed by atoms with Gasteiger partial charge < -0.3 is 15.5 Å². The molecular formula is C16H19N5O2S. The van der Waals surface area contributed by atoms with E-state index in [2.05, 4.69) is 20.6 Å². The molecule has 0 radical (unpaired) electrons. The minimum atomic E-state index is -0.205. The Labute approximate surface area is 144 Å². The monoisotopic (exact) mass is 345 g/mol. The zero-order chi connectivity index (χ0) is 16.8. The number of nitrogens with one attached hydrogen (secondary N) is 2. The molecule has 24 heavy (non-hydrogen) atoms. The lowest BCUT2D eigenvalue weighted by Gasteiger charge is -2.31. The zero-order valence-electron chi connectivity index (χ0n) is 13.1. The Bertz CT molecular complexity index is 677. The van der Waals surface area contributed by atoms with Gasteiger partial charge in [0, 0.05) is 30.9 Å². The van der Waals surface area contributed by atoms with E-state index >= 15 is 0 Å². The Morgan fingerprint density at radius 3 is 2.96 bits per heavy atom. The third kappa shape index (κ3) is 4.29. The van der Waals surface area contributed by atoms with Crippen LogP contribution in [0.15, 0.2) is 36.0 Å². The minimum absolute atomic E-state index is 0.0767. The number of rotatable bonds is 4. The summed E-state index contributed by atoms with van der Waals surface area (Å²) in [6.45, 7) is 1.46. The largest absolute Gasteiger partial charge is 0.332 e. The van der Waals surface area contributed by atoms with E-state index in [1.54, 1.807) is 17.3 Å². The van der Waals surface area contributed by atoms with E-state index in [4.69, 9.17) is 0 Å². The van der Waals surface area contributed by atoms with Crippen molar-refractivity contribution in [3.05, 3.63) is 41.7 Å². The fraction of sp³-hybridized carbons (Fsp3) is 0.375. The van der Waals surface area contributed by atoms with Crippen molar-refractivity contribution in [2.75, 3.05) is 18.4 Å². The van der Waals surface area contributed by atoms with Gasteiger partial charge in [-0.2, -0.15) is 0 Å². The van der Waals surface area contributed by atoms with Crippen LogP contribution in [0.1, 0.15) is 18.5 Å². The van der Waals surface area contributed by atoms with Crippen LogP contribution in [-0.2, 0) is 11.3 Å². The molecule has 0 spiro atoms. The number of carbonyl (C=O) groups excluding carboxylic acids is 2. The Kier molecular flexibility index (Phi) is 5.37. The third-order valence-corrected chi connectivity index (χ3v) is 4.58. The first-order valence-electron chi connectivity index (χ1n) is 7.85. The maximum Gasteiger partial charge on any atom is 0.317 e. The molecule has 2 aromatic rings. The van der Waals surface area contributed by atoms with E-state index in [1.165, 1.54) is 11.3 Å². The van der Waals surface area contributed by atoms with Crippen LogP contribution < -0.4 is 10.6 Å². The summed E-state index contributed by atoms with van der Waals surface area (Å²) in [4.78, 5) is 34.5. The van der Waals surface area contributed by atoms with Crippen molar-refractivity contribution >= 4 is 28.4 Å². The van der Waals surface area contributed by atoms with E-state index < -0.39 is 0 Å². The van der Waals surface area contributed by atoms with Crippen molar-refractivity contribution in [3.8, 4) is 0 Å². The average molecular weight is 345 g/mol. The van der Waals surface area contributed by atoms with Crippen molar-refractivity contribution in [2.45, 2.75) is 19.4 Å². The highest BCUT2D eigenvalue weighted by atomic mass is 32.1. The van der Waals surface area contributed by atoms with Crippen LogP contribution in [0.25, 0.3) is 0 Å². The number of nitrogens with zero attached hydrogens (tertiary/aromatic N) is 3. The number of hydrogen-bond donors (Lipinski definition) is 2. The number of urea groups is 1. The van der Waals surface area contributed by atoms with Gasteiger partial charge >= 0.3 is 6.03 Å². The van der Waals surface area contributed by atoms with Gasteiger partial charge in [-0.05, 0) is 25.0 Å². The summed E-state index contributed by atoms with van der Waals surface area (Å²) in [6, 6.07) is 5.42. The van der Waals surface area contributed by atoms with Gasteiger partial charge in [-0.3, -0.25) is 9.78 Å². The van der Waals surface area contributed by atoms with Crippen LogP contribution in [0.5, 0.6) is 0 Å². The maximum absolute atomic E-state index is 12.3. The molecule has 0 unspecified atom stereocenters. The summed E-state index contributed by atoms with van der Waals surface area (Å²) in [7, 11) is 0. The van der Waals surface area contributed by atoms with E-state index in [-0.39, 0.29) is 17.9 Å². The van der Waals surface area contributed by atoms with Gasteiger partial charge in [0.15, 0.2) is 5.13 Å². The summed E-state index contributed by atoms with van der Waals surface area (Å²) in [5, 5.41) is 8.07. The predicted octanol–water partition coefficient (Wildman–Crippen LogP) is 2.10. The highest BCUT2D eigenvalue weighted by Crippen LogP contribution is 2.19. The molecule has 1 fully saturated rings. The van der Waals surface area contributed by atoms with E-state index in [1.807, 2.05) is 23.6 Å². The average Bonchev–Trinajstić information content (AvgIpc) is 3.13. The SMILES string of the molecule is O=C(Nc1nccs1)[C@H]1CCCN(C(=O)NCc2ccccn2)C1. The standard InChI is InChI=1S/C16H19N5O2S/c22-14(20-15-18-7-9-24-15)12-4-3-8-21(11-12)16(23)19-10-13-5-1-2-6-17-13/h1-2,5-7,9,12H,3-4,8,10-11H2,(H,19,23)(H,18,20,22)/t12-/m0/s1. The zero-order valence-corrected chi connectivity index (χ0v) is 14.0. The summed E-state index contributed by atoms with van der Waals surface area (Å²) in [6.07, 6.45) is 4.94. The first-order valence-corrected chi connectivity index (χ1v) is 8.73. The number of thiazole rings is 1. The van der Waals surface area contributed by atoms with Gasteiger partial charge in [-0.1, -0.05) is 6.07 Å². The lowest BCUT2D eigenvalue weighted by atomic mass is 9.97. The van der Waals surface area contributed by atoms with E-state index in [0.29, 0.717) is 24.8 Å². The van der Waals surface area contributed by atoms with Gasteiger partial charge in [0.1, 0.15) is 0 Å². The van der Waals surface area contributed by atoms with Crippen LogP contribution in [-0.4, -0.2) is 39.9 Å². The summed E-state index contributed by atoms with van der Waals surface area (Å²) in [5.41, 5.74) is 0.806. The fourth-order valence-electron chi connectivity index (χ4n) is 2.65. The molecule has 3 rings (SSSR count). The van der Waals surface area contributed by atoms with Crippen molar-refractivity contribution < 1.29 is 9.59 Å². The topological polar surface area (TPSA) is 87.2 Å². The molecule has 3 heterocycles. The van der Waals surface area contributed by atoms with Crippen molar-refractivity contribution in [1.29, 1.82) is 0 Å². The van der Waals surface area contributed by atoms with Gasteiger partial charge in [-0.25, -0.2) is 9.78 Å². The molecule has 0 saturated carbocycles. The van der Waals surface area contributed by atoms with Gasteiger partial charge in [-0.15, -0.1) is 11.3 Å². The Morgan fingerprint density at radius 1 is 1.29 bits per heavy atom. The highest BCUT2D eigenvalue weighted by Gasteiger charge is 2.28. The molecule has 0 aromatic carbocycles. The fourth-order valence-corrected chi connectivity index (χ4v) is 3.18. The van der Waals surface area contributed by atoms with Gasteiger partial charge in [0.2, 0.25) is 5.91 Å². The van der Waals surface area contributed by atoms with Crippen LogP contribution in [0, 0.1) is 5.92 Å². The maximum atomic E-state index is 12.3. The molecule has 2 N–H and O–H groups in total. The number of carbonyl (C=O) groups is 2. The molecular weight excluding hydrogens is 326 g/mol. The summed E-state index contributed by atoms with van der Waals surface area (Å²) < 4.78 is 0. The Hall–Kier alpha value is -2.48. The smallest absolute Gasteiger partial charge is 0.317 e. The first-order chi connectivity index (χ1) is 11.7. The molecule has 126 valence electrons. The second-order valence-electron chi connectivity index (χ2n) is 5.59. The normalized spacial score (nSPS) is 17.3. The number of likely N-dealkylation sites (tertiary alicyclic amines) is 1. The number of pyridine rings is 1. The number of piperidine rings is 1. The number of anilines is 1. The molecule has 7 nitrogen and oxygen atoms in total. The molecule has 1 atom stereocenters. The number of amides is 3. The molecule has 1 saturated heterocycles. The van der Waals surface area contributed by atoms with Crippen molar-refractivity contribution in [3.63, 3.8) is 0 Å². The van der Waals surface area contributed by atoms with Crippen molar-refractivity contribution in [1.82, 2.24) is 20.2 Å². The summed E-state index contributed by atoms with van der Waals surface area (Å²) >= 11 is 1.39. The minimum Gasteiger partial charge on any atom is -0.332 e. The lowest BCUT2D eigenvalue weighted by molar-refractivity contribution is -0.121. The van der Waals surface area contributed by atoms with Crippen molar-refractivity contribution in [2.24, 2.45) is 5.92 Å². The van der Waals surface area contributed by atoms with E-state index in [0.717, 1.165) is 18.5 Å². The highest BCUT2D eigenvalue weighted by molar-refractivity contribution is 7.13. The molecule has 3 amide bonds. The summed E-state index contributed by atoms with van der Waals surface area (Å²) in [5.74, 6) is -0.282. The Balaban J connectivity index is 1.51. The number of hydrogen-bond acceptors (Lipinski definition) is 5. The molecule has 8 heteroatoms. The predicted molar refractivity (Wildman–Crippen MR) is 91.5 cm³/mol. The lowest BCUT2D eigenvalue weighted by Crippen LogP contribution is -2.47. The van der Waals surface area contributed by atoms with Crippen LogP contribution in [0.2, 0.25) is 0 Å². The molecule has 1 aliphatic rings. The van der Waals surface area contributed by atoms with Gasteiger partial charge in [0.05, 0.1) is 18.2 Å². The molecule has 0 bridgehead atoms. The molecule has 1 aliphatic heterocycles. The Morgan fingerprint density at radius 2 is 2.21 bits per heavy atom. The van der Waals surface area contributed by atoms with Crippen LogP contribution >= 0.6 is 11.3 Å².